The topological polar surface area (TPSA) is 75.2 Å². The lowest BCUT2D eigenvalue weighted by molar-refractivity contribution is -0.116. The van der Waals surface area contributed by atoms with Crippen molar-refractivity contribution in [2.75, 3.05) is 18.4 Å². The van der Waals surface area contributed by atoms with Crippen LogP contribution in [0.4, 0.5) is 5.13 Å². The summed E-state index contributed by atoms with van der Waals surface area (Å²) in [4.78, 5) is 27.0. The van der Waals surface area contributed by atoms with Gasteiger partial charge >= 0.3 is 0 Å². The molecule has 0 unspecified atom stereocenters. The smallest absolute Gasteiger partial charge is 0.254 e. The maximum atomic E-state index is 12.9. The van der Waals surface area contributed by atoms with Crippen molar-refractivity contribution in [2.24, 2.45) is 0 Å². The molecule has 2 aromatic carbocycles. The molecule has 30 heavy (non-hydrogen) atoms. The zero-order chi connectivity index (χ0) is 21.5. The summed E-state index contributed by atoms with van der Waals surface area (Å²) in [5.74, 6) is -0.235. The number of hydrogen-bond donors (Lipinski definition) is 1. The summed E-state index contributed by atoms with van der Waals surface area (Å²) in [6.07, 6.45) is 1.02. The van der Waals surface area contributed by atoms with Gasteiger partial charge in [0.2, 0.25) is 11.0 Å². The minimum absolute atomic E-state index is 0.0457. The van der Waals surface area contributed by atoms with Gasteiger partial charge in [-0.15, -0.1) is 10.2 Å². The monoisotopic (exact) mass is 486 g/mol. The number of rotatable bonds is 8. The van der Waals surface area contributed by atoms with Gasteiger partial charge in [-0.25, -0.2) is 0 Å². The Labute approximate surface area is 188 Å². The number of amides is 2. The number of aryl methyl sites for hydroxylation is 1. The molecule has 6 nitrogen and oxygen atoms in total. The van der Waals surface area contributed by atoms with E-state index < -0.39 is 0 Å². The van der Waals surface area contributed by atoms with Gasteiger partial charge in [0.15, 0.2) is 0 Å². The van der Waals surface area contributed by atoms with Gasteiger partial charge in [0.05, 0.1) is 0 Å². The van der Waals surface area contributed by atoms with Gasteiger partial charge in [-0.3, -0.25) is 9.59 Å². The summed E-state index contributed by atoms with van der Waals surface area (Å²) in [7, 11) is 0. The van der Waals surface area contributed by atoms with Crippen LogP contribution < -0.4 is 5.32 Å². The van der Waals surface area contributed by atoms with E-state index in [1.54, 1.807) is 4.90 Å². The molecule has 0 spiro atoms. The molecule has 0 saturated carbocycles. The highest BCUT2D eigenvalue weighted by Crippen LogP contribution is 2.28. The minimum atomic E-state index is -0.189. The number of aromatic nitrogens is 2. The zero-order valence-electron chi connectivity index (χ0n) is 16.9. The van der Waals surface area contributed by atoms with Crippen LogP contribution in [-0.4, -0.2) is 40.0 Å². The summed E-state index contributed by atoms with van der Waals surface area (Å²) in [5, 5.41) is 12.2. The molecule has 3 aromatic rings. The maximum Gasteiger partial charge on any atom is 0.254 e. The van der Waals surface area contributed by atoms with Crippen molar-refractivity contribution >= 4 is 44.2 Å². The predicted octanol–water partition coefficient (Wildman–Crippen LogP) is 5.16. The van der Waals surface area contributed by atoms with Crippen molar-refractivity contribution in [2.45, 2.75) is 26.7 Å². The fourth-order valence-corrected chi connectivity index (χ4v) is 4.15. The Bertz CT molecular complexity index is 1040. The molecule has 0 saturated heterocycles. The van der Waals surface area contributed by atoms with Gasteiger partial charge in [0.25, 0.3) is 5.91 Å². The molecule has 1 N–H and O–H groups in total. The molecule has 8 heteroatoms. The molecule has 1 heterocycles. The average molecular weight is 487 g/mol. The predicted molar refractivity (Wildman–Crippen MR) is 124 cm³/mol. The van der Waals surface area contributed by atoms with Crippen LogP contribution in [0.3, 0.4) is 0 Å². The number of carbonyl (C=O) groups is 2. The van der Waals surface area contributed by atoms with Gasteiger partial charge in [0.1, 0.15) is 5.01 Å². The third-order valence-corrected chi connectivity index (χ3v) is 5.89. The number of nitrogens with one attached hydrogen (secondary N) is 1. The number of nitrogens with zero attached hydrogens (tertiary/aromatic N) is 3. The summed E-state index contributed by atoms with van der Waals surface area (Å²) in [6.45, 7) is 4.89. The number of carbonyl (C=O) groups excluding carboxylic acids is 2. The Hall–Kier alpha value is -2.58. The second kappa shape index (κ2) is 10.4. The van der Waals surface area contributed by atoms with Crippen molar-refractivity contribution < 1.29 is 9.59 Å². The Balaban J connectivity index is 1.60. The average Bonchev–Trinajstić information content (AvgIpc) is 3.19. The molecule has 0 atom stereocenters. The fraction of sp³-hybridized carbons (Fsp3) is 0.273. The Morgan fingerprint density at radius 2 is 1.90 bits per heavy atom. The zero-order valence-corrected chi connectivity index (χ0v) is 19.3. The molecular weight excluding hydrogens is 464 g/mol. The fourth-order valence-electron chi connectivity index (χ4n) is 3.00. The number of anilines is 1. The Kier molecular flexibility index (Phi) is 7.70. The van der Waals surface area contributed by atoms with Crippen LogP contribution in [0.1, 0.15) is 35.7 Å². The first-order chi connectivity index (χ1) is 14.5. The maximum absolute atomic E-state index is 12.9. The second-order valence-electron chi connectivity index (χ2n) is 6.83. The molecule has 0 aliphatic carbocycles. The lowest BCUT2D eigenvalue weighted by Gasteiger charge is -2.22. The number of hydrogen-bond acceptors (Lipinski definition) is 5. The van der Waals surface area contributed by atoms with Crippen LogP contribution in [0.2, 0.25) is 0 Å². The van der Waals surface area contributed by atoms with Crippen molar-refractivity contribution in [3.63, 3.8) is 0 Å². The van der Waals surface area contributed by atoms with Gasteiger partial charge in [-0.05, 0) is 37.1 Å². The van der Waals surface area contributed by atoms with Crippen molar-refractivity contribution in [3.05, 3.63) is 64.1 Å². The summed E-state index contributed by atoms with van der Waals surface area (Å²) in [5.41, 5.74) is 2.54. The minimum Gasteiger partial charge on any atom is -0.338 e. The summed E-state index contributed by atoms with van der Waals surface area (Å²) >= 11 is 4.76. The van der Waals surface area contributed by atoms with Gasteiger partial charge < -0.3 is 10.2 Å². The normalized spacial score (nSPS) is 10.6. The lowest BCUT2D eigenvalue weighted by atomic mass is 10.1. The third kappa shape index (κ3) is 5.73. The first kappa shape index (κ1) is 22.1. The van der Waals surface area contributed by atoms with E-state index in [-0.39, 0.29) is 18.2 Å². The van der Waals surface area contributed by atoms with Crippen molar-refractivity contribution in [1.29, 1.82) is 0 Å². The molecule has 0 fully saturated rings. The largest absolute Gasteiger partial charge is 0.338 e. The van der Waals surface area contributed by atoms with Crippen LogP contribution in [-0.2, 0) is 4.79 Å². The van der Waals surface area contributed by atoms with E-state index in [0.717, 1.165) is 27.0 Å². The molecular formula is C22H23BrN4O2S. The standard InChI is InChI=1S/C22H23BrN4O2S/c1-3-12-27(21(29)18-10-5-4-7-15(18)2)13-11-19(28)24-22-26-25-20(30-22)16-8-6-9-17(23)14-16/h4-10,14H,3,11-13H2,1-2H3,(H,24,26,28). The van der Waals surface area contributed by atoms with Crippen LogP contribution in [0, 0.1) is 6.92 Å². The lowest BCUT2D eigenvalue weighted by Crippen LogP contribution is -2.34. The van der Waals surface area contributed by atoms with Crippen molar-refractivity contribution in [1.82, 2.24) is 15.1 Å². The SMILES string of the molecule is CCCN(CCC(=O)Nc1nnc(-c2cccc(Br)c2)s1)C(=O)c1ccccc1C. The van der Waals surface area contributed by atoms with Crippen LogP contribution in [0.5, 0.6) is 0 Å². The Morgan fingerprint density at radius 3 is 2.63 bits per heavy atom. The number of halogens is 1. The van der Waals surface area contributed by atoms with E-state index in [1.165, 1.54) is 11.3 Å². The van der Waals surface area contributed by atoms with Crippen molar-refractivity contribution in [3.8, 4) is 10.6 Å². The summed E-state index contributed by atoms with van der Waals surface area (Å²) < 4.78 is 0.954. The van der Waals surface area contributed by atoms with E-state index in [0.29, 0.717) is 23.8 Å². The molecule has 1 aromatic heterocycles. The first-order valence-corrected chi connectivity index (χ1v) is 11.3. The third-order valence-electron chi connectivity index (χ3n) is 4.51. The molecule has 0 bridgehead atoms. The van der Waals surface area contributed by atoms with Gasteiger partial charge in [-0.1, -0.05) is 64.5 Å². The second-order valence-corrected chi connectivity index (χ2v) is 8.72. The molecule has 2 amide bonds. The quantitative estimate of drug-likeness (QED) is 0.477. The first-order valence-electron chi connectivity index (χ1n) is 9.72. The van der Waals surface area contributed by atoms with Crippen LogP contribution >= 0.6 is 27.3 Å². The summed E-state index contributed by atoms with van der Waals surface area (Å²) in [6, 6.07) is 15.3. The highest BCUT2D eigenvalue weighted by Gasteiger charge is 2.18. The molecule has 3 rings (SSSR count). The van der Waals surface area contributed by atoms with E-state index in [2.05, 4.69) is 31.4 Å². The highest BCUT2D eigenvalue weighted by atomic mass is 79.9. The van der Waals surface area contributed by atoms with Gasteiger partial charge in [0, 0.05) is 35.1 Å². The Morgan fingerprint density at radius 1 is 1.10 bits per heavy atom. The number of benzene rings is 2. The van der Waals surface area contributed by atoms with Crippen LogP contribution in [0.15, 0.2) is 53.0 Å². The molecule has 0 radical (unpaired) electrons. The van der Waals surface area contributed by atoms with E-state index in [1.807, 2.05) is 62.4 Å². The molecule has 0 aliphatic rings. The van der Waals surface area contributed by atoms with E-state index in [4.69, 9.17) is 0 Å². The van der Waals surface area contributed by atoms with E-state index in [9.17, 15) is 9.59 Å². The van der Waals surface area contributed by atoms with Gasteiger partial charge in [-0.2, -0.15) is 0 Å². The molecule has 0 aliphatic heterocycles. The highest BCUT2D eigenvalue weighted by molar-refractivity contribution is 9.10. The van der Waals surface area contributed by atoms with E-state index >= 15 is 0 Å². The molecule has 156 valence electrons. The van der Waals surface area contributed by atoms with Crippen LogP contribution in [0.25, 0.3) is 10.6 Å².